The molecule has 126 valence electrons. The van der Waals surface area contributed by atoms with Crippen LogP contribution in [-0.4, -0.2) is 32.9 Å². The molecule has 1 N–H and O–H groups in total. The van der Waals surface area contributed by atoms with Crippen molar-refractivity contribution in [2.24, 2.45) is 17.8 Å². The summed E-state index contributed by atoms with van der Waals surface area (Å²) in [5, 5.41) is 3.93. The van der Waals surface area contributed by atoms with E-state index in [-0.39, 0.29) is 0 Å². The van der Waals surface area contributed by atoms with Crippen molar-refractivity contribution < 1.29 is 9.47 Å². The van der Waals surface area contributed by atoms with Crippen LogP contribution in [0.1, 0.15) is 43.6 Å². The van der Waals surface area contributed by atoms with Gasteiger partial charge in [0.05, 0.1) is 13.7 Å². The Morgan fingerprint density at radius 2 is 1.87 bits per heavy atom. The SMILES string of the molecule is COc1ccc([C@H]2[C@@H]3CCCC[C@H]3[C@@H]2NC[C@H]2CCOC2)cc1. The summed E-state index contributed by atoms with van der Waals surface area (Å²) in [7, 11) is 1.74. The summed E-state index contributed by atoms with van der Waals surface area (Å²) >= 11 is 0. The number of hydrogen-bond donors (Lipinski definition) is 1. The molecule has 0 spiro atoms. The van der Waals surface area contributed by atoms with Gasteiger partial charge in [0.2, 0.25) is 0 Å². The molecule has 1 aromatic rings. The van der Waals surface area contributed by atoms with Crippen LogP contribution in [0.5, 0.6) is 5.75 Å². The Morgan fingerprint density at radius 1 is 1.09 bits per heavy atom. The molecule has 3 nitrogen and oxygen atoms in total. The van der Waals surface area contributed by atoms with E-state index in [0.29, 0.717) is 17.9 Å². The molecule has 2 aliphatic carbocycles. The molecular formula is C20H29NO2. The number of rotatable bonds is 5. The molecule has 23 heavy (non-hydrogen) atoms. The molecule has 2 saturated carbocycles. The van der Waals surface area contributed by atoms with Crippen LogP contribution in [0, 0.1) is 17.8 Å². The molecule has 1 heterocycles. The molecule has 0 radical (unpaired) electrons. The summed E-state index contributed by atoms with van der Waals surface area (Å²) < 4.78 is 10.9. The molecule has 0 aromatic heterocycles. The van der Waals surface area contributed by atoms with Crippen LogP contribution in [0.4, 0.5) is 0 Å². The minimum Gasteiger partial charge on any atom is -0.497 e. The highest BCUT2D eigenvalue weighted by molar-refractivity contribution is 5.33. The second kappa shape index (κ2) is 6.82. The lowest BCUT2D eigenvalue weighted by atomic mass is 9.53. The Hall–Kier alpha value is -1.06. The quantitative estimate of drug-likeness (QED) is 0.900. The molecule has 1 aromatic carbocycles. The number of hydrogen-bond acceptors (Lipinski definition) is 3. The second-order valence-corrected chi connectivity index (χ2v) is 7.57. The van der Waals surface area contributed by atoms with Crippen LogP contribution in [0.25, 0.3) is 0 Å². The monoisotopic (exact) mass is 315 g/mol. The lowest BCUT2D eigenvalue weighted by molar-refractivity contribution is 0.0240. The van der Waals surface area contributed by atoms with Crippen LogP contribution < -0.4 is 10.1 Å². The van der Waals surface area contributed by atoms with Crippen molar-refractivity contribution in [2.45, 2.75) is 44.1 Å². The Kier molecular flexibility index (Phi) is 4.59. The van der Waals surface area contributed by atoms with Crippen LogP contribution in [-0.2, 0) is 4.74 Å². The molecule has 5 atom stereocenters. The number of ether oxygens (including phenoxy) is 2. The first-order valence-corrected chi connectivity index (χ1v) is 9.32. The van der Waals surface area contributed by atoms with Gasteiger partial charge in [0.1, 0.15) is 5.75 Å². The van der Waals surface area contributed by atoms with Gasteiger partial charge in [-0.1, -0.05) is 25.0 Å². The summed E-state index contributed by atoms with van der Waals surface area (Å²) in [6, 6.07) is 9.46. The van der Waals surface area contributed by atoms with Gasteiger partial charge in [0.15, 0.2) is 0 Å². The van der Waals surface area contributed by atoms with E-state index in [1.165, 1.54) is 37.7 Å². The fourth-order valence-corrected chi connectivity index (χ4v) is 5.07. The first kappa shape index (κ1) is 15.5. The second-order valence-electron chi connectivity index (χ2n) is 7.57. The average molecular weight is 315 g/mol. The molecule has 0 unspecified atom stereocenters. The van der Waals surface area contributed by atoms with E-state index >= 15 is 0 Å². The maximum absolute atomic E-state index is 5.53. The molecule has 3 fully saturated rings. The number of benzene rings is 1. The van der Waals surface area contributed by atoms with Crippen molar-refractivity contribution in [3.05, 3.63) is 29.8 Å². The Balaban J connectivity index is 1.46. The van der Waals surface area contributed by atoms with Gasteiger partial charge in [0.25, 0.3) is 0 Å². The molecule has 1 saturated heterocycles. The van der Waals surface area contributed by atoms with Gasteiger partial charge in [-0.25, -0.2) is 0 Å². The third-order valence-corrected chi connectivity index (χ3v) is 6.35. The first-order valence-electron chi connectivity index (χ1n) is 9.32. The van der Waals surface area contributed by atoms with Gasteiger partial charge >= 0.3 is 0 Å². The zero-order valence-electron chi connectivity index (χ0n) is 14.2. The van der Waals surface area contributed by atoms with Gasteiger partial charge in [-0.2, -0.15) is 0 Å². The van der Waals surface area contributed by atoms with Gasteiger partial charge in [-0.05, 0) is 54.7 Å². The molecular weight excluding hydrogens is 286 g/mol. The van der Waals surface area contributed by atoms with Crippen LogP contribution in [0.2, 0.25) is 0 Å². The zero-order chi connectivity index (χ0) is 15.6. The van der Waals surface area contributed by atoms with E-state index in [0.717, 1.165) is 37.3 Å². The predicted octanol–water partition coefficient (Wildman–Crippen LogP) is 3.59. The summed E-state index contributed by atoms with van der Waals surface area (Å²) in [6.07, 6.45) is 6.88. The fraction of sp³-hybridized carbons (Fsp3) is 0.700. The number of fused-ring (bicyclic) bond motifs is 1. The third kappa shape index (κ3) is 3.01. The van der Waals surface area contributed by atoms with Crippen LogP contribution in [0.15, 0.2) is 24.3 Å². The zero-order valence-corrected chi connectivity index (χ0v) is 14.2. The van der Waals surface area contributed by atoms with E-state index in [9.17, 15) is 0 Å². The first-order chi connectivity index (χ1) is 11.4. The number of nitrogens with one attached hydrogen (secondary N) is 1. The van der Waals surface area contributed by atoms with Crippen molar-refractivity contribution in [3.63, 3.8) is 0 Å². The Bertz CT molecular complexity index is 509. The van der Waals surface area contributed by atoms with Gasteiger partial charge in [0, 0.05) is 25.1 Å². The Morgan fingerprint density at radius 3 is 2.57 bits per heavy atom. The van der Waals surface area contributed by atoms with Gasteiger partial charge < -0.3 is 14.8 Å². The molecule has 3 aliphatic rings. The summed E-state index contributed by atoms with van der Waals surface area (Å²) in [4.78, 5) is 0. The highest BCUT2D eigenvalue weighted by Gasteiger charge is 2.50. The van der Waals surface area contributed by atoms with E-state index in [2.05, 4.69) is 29.6 Å². The van der Waals surface area contributed by atoms with Gasteiger partial charge in [-0.15, -0.1) is 0 Å². The van der Waals surface area contributed by atoms with Gasteiger partial charge in [-0.3, -0.25) is 0 Å². The topological polar surface area (TPSA) is 30.5 Å². The van der Waals surface area contributed by atoms with Crippen molar-refractivity contribution in [2.75, 3.05) is 26.9 Å². The van der Waals surface area contributed by atoms with E-state index < -0.39 is 0 Å². The summed E-state index contributed by atoms with van der Waals surface area (Å²) in [5.74, 6) is 4.14. The minimum atomic E-state index is 0.661. The molecule has 0 bridgehead atoms. The maximum Gasteiger partial charge on any atom is 0.118 e. The standard InChI is InChI=1S/C20H29NO2/c1-22-16-8-6-15(7-9-16)19-17-4-2-3-5-18(17)20(19)21-12-14-10-11-23-13-14/h6-9,14,17-21H,2-5,10-13H2,1H3/t14-,17-,18-,19+,20+/m1/s1. The summed E-state index contributed by atoms with van der Waals surface area (Å²) in [5.41, 5.74) is 1.49. The molecule has 1 aliphatic heterocycles. The molecule has 3 heteroatoms. The molecule has 4 rings (SSSR count). The summed E-state index contributed by atoms with van der Waals surface area (Å²) in [6.45, 7) is 3.02. The van der Waals surface area contributed by atoms with Crippen LogP contribution >= 0.6 is 0 Å². The average Bonchev–Trinajstić information content (AvgIpc) is 3.10. The van der Waals surface area contributed by atoms with Crippen LogP contribution in [0.3, 0.4) is 0 Å². The van der Waals surface area contributed by atoms with Crippen molar-refractivity contribution in [1.29, 1.82) is 0 Å². The van der Waals surface area contributed by atoms with E-state index in [1.54, 1.807) is 7.11 Å². The number of methoxy groups -OCH3 is 1. The Labute approximate surface area is 139 Å². The highest BCUT2D eigenvalue weighted by Crippen LogP contribution is 2.54. The predicted molar refractivity (Wildman–Crippen MR) is 91.9 cm³/mol. The van der Waals surface area contributed by atoms with Crippen molar-refractivity contribution in [3.8, 4) is 5.75 Å². The van der Waals surface area contributed by atoms with Crippen molar-refractivity contribution >= 4 is 0 Å². The highest BCUT2D eigenvalue weighted by atomic mass is 16.5. The van der Waals surface area contributed by atoms with Crippen molar-refractivity contribution in [1.82, 2.24) is 5.32 Å². The largest absolute Gasteiger partial charge is 0.497 e. The smallest absolute Gasteiger partial charge is 0.118 e. The minimum absolute atomic E-state index is 0.661. The van der Waals surface area contributed by atoms with E-state index in [4.69, 9.17) is 9.47 Å². The fourth-order valence-electron chi connectivity index (χ4n) is 5.07. The lowest BCUT2D eigenvalue weighted by Crippen LogP contribution is -2.58. The van der Waals surface area contributed by atoms with E-state index in [1.807, 2.05) is 0 Å². The lowest BCUT2D eigenvalue weighted by Gasteiger charge is -2.55. The molecule has 0 amide bonds. The third-order valence-electron chi connectivity index (χ3n) is 6.35. The maximum atomic E-state index is 5.53. The normalized spacial score (nSPS) is 36.3.